The van der Waals surface area contributed by atoms with E-state index in [1.807, 2.05) is 65.6 Å². The van der Waals surface area contributed by atoms with Gasteiger partial charge in [0.2, 0.25) is 0 Å². The van der Waals surface area contributed by atoms with Gasteiger partial charge in [-0.05, 0) is 35.4 Å². The number of nitrogens with one attached hydrogen (secondary N) is 1. The third kappa shape index (κ3) is 4.29. The third-order valence-corrected chi connectivity index (χ3v) is 4.63. The van der Waals surface area contributed by atoms with Crippen molar-refractivity contribution in [3.05, 3.63) is 101 Å². The molecule has 0 aliphatic rings. The molecule has 28 heavy (non-hydrogen) atoms. The maximum atomic E-state index is 12.6. The topological polar surface area (TPSA) is 64.7 Å². The van der Waals surface area contributed by atoms with Crippen LogP contribution in [0.4, 0.5) is 5.82 Å². The average Bonchev–Trinajstić information content (AvgIpc) is 3.36. The van der Waals surface area contributed by atoms with Gasteiger partial charge in [0.1, 0.15) is 0 Å². The Balaban J connectivity index is 1.43. The van der Waals surface area contributed by atoms with Gasteiger partial charge in [-0.25, -0.2) is 0 Å². The van der Waals surface area contributed by atoms with Gasteiger partial charge in [-0.2, -0.15) is 10.2 Å². The molecule has 0 aliphatic heterocycles. The number of aromatic nitrogens is 4. The molecular weight excluding hydrogens is 374 g/mol. The number of nitrogens with zero attached hydrogens (tertiary/aromatic N) is 4. The monoisotopic (exact) mass is 391 g/mol. The van der Waals surface area contributed by atoms with Crippen LogP contribution < -0.4 is 5.32 Å². The van der Waals surface area contributed by atoms with E-state index in [1.54, 1.807) is 23.0 Å². The summed E-state index contributed by atoms with van der Waals surface area (Å²) in [6.45, 7) is 1.15. The van der Waals surface area contributed by atoms with E-state index in [0.29, 0.717) is 29.5 Å². The number of carbonyl (C=O) groups is 1. The molecule has 2 aromatic heterocycles. The first-order valence-electron chi connectivity index (χ1n) is 8.82. The van der Waals surface area contributed by atoms with Crippen molar-refractivity contribution in [3.8, 4) is 0 Å². The van der Waals surface area contributed by atoms with Crippen LogP contribution in [0.1, 0.15) is 21.5 Å². The predicted molar refractivity (Wildman–Crippen MR) is 109 cm³/mol. The number of halogens is 1. The van der Waals surface area contributed by atoms with Gasteiger partial charge in [-0.15, -0.1) is 0 Å². The minimum absolute atomic E-state index is 0.203. The molecule has 0 fully saturated rings. The van der Waals surface area contributed by atoms with Crippen molar-refractivity contribution in [2.24, 2.45) is 0 Å². The molecule has 1 amide bonds. The summed E-state index contributed by atoms with van der Waals surface area (Å²) in [7, 11) is 0. The van der Waals surface area contributed by atoms with E-state index in [1.165, 1.54) is 0 Å². The maximum Gasteiger partial charge on any atom is 0.256 e. The molecule has 0 unspecified atom stereocenters. The SMILES string of the molecule is O=C(Nc1ccn(Cc2ccccc2Cl)n1)c1cccc(Cn2cccn2)c1. The van der Waals surface area contributed by atoms with E-state index < -0.39 is 0 Å². The maximum absolute atomic E-state index is 12.6. The first kappa shape index (κ1) is 18.0. The molecule has 0 aliphatic carbocycles. The first-order valence-corrected chi connectivity index (χ1v) is 9.20. The van der Waals surface area contributed by atoms with Crippen LogP contribution >= 0.6 is 11.6 Å². The van der Waals surface area contributed by atoms with Crippen molar-refractivity contribution < 1.29 is 4.79 Å². The number of rotatable bonds is 6. The minimum Gasteiger partial charge on any atom is -0.305 e. The molecular formula is C21H18ClN5O. The van der Waals surface area contributed by atoms with Crippen LogP contribution in [0.3, 0.4) is 0 Å². The fourth-order valence-corrected chi connectivity index (χ4v) is 3.09. The zero-order valence-corrected chi connectivity index (χ0v) is 15.8. The summed E-state index contributed by atoms with van der Waals surface area (Å²) < 4.78 is 3.55. The lowest BCUT2D eigenvalue weighted by Gasteiger charge is -2.06. The summed E-state index contributed by atoms with van der Waals surface area (Å²) >= 11 is 6.19. The number of carbonyl (C=O) groups excluding carboxylic acids is 1. The summed E-state index contributed by atoms with van der Waals surface area (Å²) in [5, 5.41) is 12.1. The quantitative estimate of drug-likeness (QED) is 0.538. The smallest absolute Gasteiger partial charge is 0.256 e. The van der Waals surface area contributed by atoms with Crippen molar-refractivity contribution in [2.75, 3.05) is 5.32 Å². The highest BCUT2D eigenvalue weighted by Crippen LogP contribution is 2.17. The Bertz CT molecular complexity index is 1090. The molecule has 7 heteroatoms. The van der Waals surface area contributed by atoms with Crippen LogP contribution in [-0.4, -0.2) is 25.5 Å². The Labute approximate surface area is 167 Å². The molecule has 4 aromatic rings. The Morgan fingerprint density at radius 1 is 0.964 bits per heavy atom. The second-order valence-electron chi connectivity index (χ2n) is 6.35. The second kappa shape index (κ2) is 8.10. The first-order chi connectivity index (χ1) is 13.7. The number of amides is 1. The summed E-state index contributed by atoms with van der Waals surface area (Å²) in [6.07, 6.45) is 5.43. The molecule has 0 bridgehead atoms. The molecule has 6 nitrogen and oxygen atoms in total. The summed E-state index contributed by atoms with van der Waals surface area (Å²) in [6, 6.07) is 18.7. The van der Waals surface area contributed by atoms with Gasteiger partial charge >= 0.3 is 0 Å². The molecule has 4 rings (SSSR count). The molecule has 0 atom stereocenters. The number of hydrogen-bond donors (Lipinski definition) is 1. The van der Waals surface area contributed by atoms with E-state index in [0.717, 1.165) is 11.1 Å². The normalized spacial score (nSPS) is 10.8. The highest BCUT2D eigenvalue weighted by Gasteiger charge is 2.10. The van der Waals surface area contributed by atoms with Crippen molar-refractivity contribution >= 4 is 23.3 Å². The molecule has 2 heterocycles. The van der Waals surface area contributed by atoms with Crippen molar-refractivity contribution in [2.45, 2.75) is 13.1 Å². The van der Waals surface area contributed by atoms with E-state index in [-0.39, 0.29) is 5.91 Å². The van der Waals surface area contributed by atoms with Crippen LogP contribution in [-0.2, 0) is 13.1 Å². The van der Waals surface area contributed by atoms with Crippen LogP contribution in [0.15, 0.2) is 79.3 Å². The van der Waals surface area contributed by atoms with Crippen LogP contribution in [0, 0.1) is 0 Å². The lowest BCUT2D eigenvalue weighted by molar-refractivity contribution is 0.102. The average molecular weight is 392 g/mol. The highest BCUT2D eigenvalue weighted by molar-refractivity contribution is 6.31. The Hall–Kier alpha value is -3.38. The van der Waals surface area contributed by atoms with Crippen LogP contribution in [0.25, 0.3) is 0 Å². The highest BCUT2D eigenvalue weighted by atomic mass is 35.5. The summed E-state index contributed by atoms with van der Waals surface area (Å²) in [5.41, 5.74) is 2.54. The molecule has 0 saturated carbocycles. The van der Waals surface area contributed by atoms with Crippen molar-refractivity contribution in [1.82, 2.24) is 19.6 Å². The second-order valence-corrected chi connectivity index (χ2v) is 6.76. The van der Waals surface area contributed by atoms with Gasteiger partial charge < -0.3 is 5.32 Å². The minimum atomic E-state index is -0.203. The van der Waals surface area contributed by atoms with Gasteiger partial charge in [0.05, 0.1) is 13.1 Å². The van der Waals surface area contributed by atoms with Gasteiger partial charge in [-0.3, -0.25) is 14.2 Å². The van der Waals surface area contributed by atoms with Gasteiger partial charge in [-0.1, -0.05) is 41.9 Å². The Kier molecular flexibility index (Phi) is 5.21. The zero-order valence-electron chi connectivity index (χ0n) is 15.0. The van der Waals surface area contributed by atoms with Crippen LogP contribution in [0.5, 0.6) is 0 Å². The van der Waals surface area contributed by atoms with E-state index in [9.17, 15) is 4.79 Å². The van der Waals surface area contributed by atoms with Gasteiger partial charge in [0.25, 0.3) is 5.91 Å². The lowest BCUT2D eigenvalue weighted by atomic mass is 10.1. The Morgan fingerprint density at radius 3 is 2.68 bits per heavy atom. The number of anilines is 1. The van der Waals surface area contributed by atoms with Crippen molar-refractivity contribution in [1.29, 1.82) is 0 Å². The van der Waals surface area contributed by atoms with Crippen LogP contribution in [0.2, 0.25) is 5.02 Å². The zero-order chi connectivity index (χ0) is 19.3. The molecule has 0 saturated heterocycles. The van der Waals surface area contributed by atoms with E-state index in [2.05, 4.69) is 15.5 Å². The van der Waals surface area contributed by atoms with E-state index in [4.69, 9.17) is 11.6 Å². The summed E-state index contributed by atoms with van der Waals surface area (Å²) in [4.78, 5) is 12.6. The fourth-order valence-electron chi connectivity index (χ4n) is 2.90. The molecule has 0 radical (unpaired) electrons. The fraction of sp³-hybridized carbons (Fsp3) is 0.0952. The standard InChI is InChI=1S/C21H18ClN5O/c22-19-8-2-1-6-18(19)15-27-12-9-20(25-27)24-21(28)17-7-3-5-16(13-17)14-26-11-4-10-23-26/h1-13H,14-15H2,(H,24,25,28). The molecule has 2 aromatic carbocycles. The number of benzene rings is 2. The van der Waals surface area contributed by atoms with Crippen molar-refractivity contribution in [3.63, 3.8) is 0 Å². The largest absolute Gasteiger partial charge is 0.305 e. The van der Waals surface area contributed by atoms with Gasteiger partial charge in [0, 0.05) is 35.2 Å². The van der Waals surface area contributed by atoms with Gasteiger partial charge in [0.15, 0.2) is 5.82 Å². The lowest BCUT2D eigenvalue weighted by Crippen LogP contribution is -2.13. The molecule has 0 spiro atoms. The predicted octanol–water partition coefficient (Wildman–Crippen LogP) is 4.08. The van der Waals surface area contributed by atoms with E-state index >= 15 is 0 Å². The molecule has 1 N–H and O–H groups in total. The number of hydrogen-bond acceptors (Lipinski definition) is 3. The summed E-state index contributed by atoms with van der Waals surface area (Å²) in [5.74, 6) is 0.292. The molecule has 140 valence electrons. The Morgan fingerprint density at radius 2 is 1.86 bits per heavy atom. The third-order valence-electron chi connectivity index (χ3n) is 4.27.